The normalized spacial score (nSPS) is 14.5. The summed E-state index contributed by atoms with van der Waals surface area (Å²) in [6.07, 6.45) is 6.83. The fourth-order valence-corrected chi connectivity index (χ4v) is 2.91. The Labute approximate surface area is 145 Å². The molecule has 1 aromatic heterocycles. The molecule has 0 unspecified atom stereocenters. The molecule has 0 radical (unpaired) electrons. The van der Waals surface area contributed by atoms with Crippen LogP contribution >= 0.6 is 11.6 Å². The number of nitrogens with zero attached hydrogens (tertiary/aromatic N) is 2. The van der Waals surface area contributed by atoms with Crippen molar-refractivity contribution in [2.24, 2.45) is 0 Å². The first kappa shape index (κ1) is 16.6. The van der Waals surface area contributed by atoms with Gasteiger partial charge in [0.2, 0.25) is 0 Å². The maximum atomic E-state index is 11.9. The van der Waals surface area contributed by atoms with Crippen LogP contribution in [0, 0.1) is 0 Å². The number of carbonyl (C=O) groups is 1. The van der Waals surface area contributed by atoms with Crippen molar-refractivity contribution in [1.29, 1.82) is 0 Å². The van der Waals surface area contributed by atoms with Gasteiger partial charge in [0.1, 0.15) is 17.9 Å². The standard InChI is InChI=1S/C16H20ClN5O2/c17-13-9-11(5-6-14(13)24-12-3-1-2-4-12)21-16(23)18-8-7-15-19-10-20-22-15/h5-6,9-10,12H,1-4,7-8H2,(H2,18,21,23)(H,19,20,22). The van der Waals surface area contributed by atoms with Crippen LogP contribution in [-0.2, 0) is 6.42 Å². The monoisotopic (exact) mass is 349 g/mol. The van der Waals surface area contributed by atoms with Gasteiger partial charge in [0.05, 0.1) is 11.1 Å². The molecule has 1 saturated carbocycles. The van der Waals surface area contributed by atoms with Gasteiger partial charge in [-0.2, -0.15) is 5.10 Å². The Morgan fingerprint density at radius 1 is 1.38 bits per heavy atom. The van der Waals surface area contributed by atoms with E-state index in [2.05, 4.69) is 25.8 Å². The van der Waals surface area contributed by atoms with Gasteiger partial charge >= 0.3 is 6.03 Å². The van der Waals surface area contributed by atoms with Crippen LogP contribution in [0.2, 0.25) is 5.02 Å². The molecule has 3 rings (SSSR count). The van der Waals surface area contributed by atoms with Gasteiger partial charge < -0.3 is 15.4 Å². The number of H-pyrrole nitrogens is 1. The zero-order valence-electron chi connectivity index (χ0n) is 13.2. The summed E-state index contributed by atoms with van der Waals surface area (Å²) in [5.74, 6) is 1.40. The Bertz CT molecular complexity index is 671. The lowest BCUT2D eigenvalue weighted by Crippen LogP contribution is -2.30. The van der Waals surface area contributed by atoms with Crippen molar-refractivity contribution in [3.8, 4) is 5.75 Å². The molecular formula is C16H20ClN5O2. The number of carbonyl (C=O) groups excluding carboxylic acids is 1. The van der Waals surface area contributed by atoms with Crippen LogP contribution in [0.1, 0.15) is 31.5 Å². The molecule has 1 aliphatic carbocycles. The number of amides is 2. The van der Waals surface area contributed by atoms with Crippen molar-refractivity contribution in [3.05, 3.63) is 35.4 Å². The fourth-order valence-electron chi connectivity index (χ4n) is 2.68. The zero-order valence-corrected chi connectivity index (χ0v) is 14.0. The number of rotatable bonds is 6. The maximum Gasteiger partial charge on any atom is 0.319 e. The van der Waals surface area contributed by atoms with Crippen molar-refractivity contribution in [1.82, 2.24) is 20.5 Å². The minimum absolute atomic E-state index is 0.251. The number of aromatic nitrogens is 3. The third-order valence-corrected chi connectivity index (χ3v) is 4.19. The van der Waals surface area contributed by atoms with Gasteiger partial charge in [-0.3, -0.25) is 5.10 Å². The highest BCUT2D eigenvalue weighted by atomic mass is 35.5. The molecule has 0 bridgehead atoms. The molecule has 2 amide bonds. The Morgan fingerprint density at radius 2 is 2.21 bits per heavy atom. The Kier molecular flexibility index (Phi) is 5.53. The van der Waals surface area contributed by atoms with Crippen LogP contribution < -0.4 is 15.4 Å². The molecule has 0 aliphatic heterocycles. The van der Waals surface area contributed by atoms with Gasteiger partial charge in [-0.25, -0.2) is 9.78 Å². The van der Waals surface area contributed by atoms with Crippen LogP contribution in [0.3, 0.4) is 0 Å². The maximum absolute atomic E-state index is 11.9. The molecule has 128 valence electrons. The smallest absolute Gasteiger partial charge is 0.319 e. The third kappa shape index (κ3) is 4.61. The van der Waals surface area contributed by atoms with Gasteiger partial charge in [0, 0.05) is 18.7 Å². The fraction of sp³-hybridized carbons (Fsp3) is 0.438. The predicted molar refractivity (Wildman–Crippen MR) is 91.4 cm³/mol. The van der Waals surface area contributed by atoms with Crippen molar-refractivity contribution < 1.29 is 9.53 Å². The molecule has 1 aromatic carbocycles. The van der Waals surface area contributed by atoms with E-state index in [-0.39, 0.29) is 12.1 Å². The number of anilines is 1. The van der Waals surface area contributed by atoms with E-state index in [0.29, 0.717) is 29.4 Å². The van der Waals surface area contributed by atoms with Crippen molar-refractivity contribution in [3.63, 3.8) is 0 Å². The number of ether oxygens (including phenoxy) is 1. The summed E-state index contributed by atoms with van der Waals surface area (Å²) in [4.78, 5) is 15.9. The molecule has 0 saturated heterocycles. The van der Waals surface area contributed by atoms with Crippen LogP contribution in [0.25, 0.3) is 0 Å². The number of halogens is 1. The van der Waals surface area contributed by atoms with Gasteiger partial charge in [-0.1, -0.05) is 11.6 Å². The van der Waals surface area contributed by atoms with Crippen LogP contribution in [0.5, 0.6) is 5.75 Å². The summed E-state index contributed by atoms with van der Waals surface area (Å²) >= 11 is 6.25. The van der Waals surface area contributed by atoms with Crippen LogP contribution in [0.4, 0.5) is 10.5 Å². The molecular weight excluding hydrogens is 330 g/mol. The predicted octanol–water partition coefficient (Wildman–Crippen LogP) is 3.14. The zero-order chi connectivity index (χ0) is 16.8. The van der Waals surface area contributed by atoms with Gasteiger partial charge in [-0.15, -0.1) is 0 Å². The second-order valence-electron chi connectivity index (χ2n) is 5.73. The average molecular weight is 350 g/mol. The van der Waals surface area contributed by atoms with Crippen molar-refractivity contribution >= 4 is 23.3 Å². The molecule has 7 nitrogen and oxygen atoms in total. The molecule has 1 aliphatic rings. The summed E-state index contributed by atoms with van der Waals surface area (Å²) in [7, 11) is 0. The van der Waals surface area contributed by atoms with E-state index in [1.807, 2.05) is 0 Å². The second-order valence-corrected chi connectivity index (χ2v) is 6.14. The summed E-state index contributed by atoms with van der Waals surface area (Å²) in [5.41, 5.74) is 0.621. The summed E-state index contributed by atoms with van der Waals surface area (Å²) in [5, 5.41) is 12.5. The molecule has 1 fully saturated rings. The summed E-state index contributed by atoms with van der Waals surface area (Å²) in [6.45, 7) is 0.456. The number of hydrogen-bond donors (Lipinski definition) is 3. The van der Waals surface area contributed by atoms with E-state index >= 15 is 0 Å². The quantitative estimate of drug-likeness (QED) is 0.747. The average Bonchev–Trinajstić information content (AvgIpc) is 3.23. The molecule has 3 N–H and O–H groups in total. The lowest BCUT2D eigenvalue weighted by molar-refractivity contribution is 0.210. The van der Waals surface area contributed by atoms with E-state index < -0.39 is 0 Å². The molecule has 1 heterocycles. The highest BCUT2D eigenvalue weighted by Gasteiger charge is 2.17. The highest BCUT2D eigenvalue weighted by molar-refractivity contribution is 6.32. The van der Waals surface area contributed by atoms with E-state index in [9.17, 15) is 4.79 Å². The largest absolute Gasteiger partial charge is 0.489 e. The van der Waals surface area contributed by atoms with Crippen molar-refractivity contribution in [2.45, 2.75) is 38.2 Å². The first-order valence-corrected chi connectivity index (χ1v) is 8.44. The van der Waals surface area contributed by atoms with Gasteiger partial charge in [-0.05, 0) is 43.9 Å². The minimum Gasteiger partial charge on any atom is -0.489 e. The third-order valence-electron chi connectivity index (χ3n) is 3.90. The lowest BCUT2D eigenvalue weighted by atomic mass is 10.2. The Morgan fingerprint density at radius 3 is 2.92 bits per heavy atom. The number of benzene rings is 1. The number of urea groups is 1. The van der Waals surface area contributed by atoms with E-state index in [1.165, 1.54) is 19.2 Å². The van der Waals surface area contributed by atoms with E-state index in [1.54, 1.807) is 18.2 Å². The first-order chi connectivity index (χ1) is 11.7. The van der Waals surface area contributed by atoms with Crippen LogP contribution in [-0.4, -0.2) is 33.9 Å². The SMILES string of the molecule is O=C(NCCc1ncn[nH]1)Nc1ccc(OC2CCCC2)c(Cl)c1. The second kappa shape index (κ2) is 8.01. The lowest BCUT2D eigenvalue weighted by Gasteiger charge is -2.15. The number of aromatic amines is 1. The van der Waals surface area contributed by atoms with Gasteiger partial charge in [0.25, 0.3) is 0 Å². The number of nitrogens with one attached hydrogen (secondary N) is 3. The molecule has 0 spiro atoms. The first-order valence-electron chi connectivity index (χ1n) is 8.06. The molecule has 8 heteroatoms. The molecule has 2 aromatic rings. The summed E-state index contributed by atoms with van der Waals surface area (Å²) < 4.78 is 5.90. The van der Waals surface area contributed by atoms with Crippen molar-refractivity contribution in [2.75, 3.05) is 11.9 Å². The Hall–Kier alpha value is -2.28. The van der Waals surface area contributed by atoms with Crippen LogP contribution in [0.15, 0.2) is 24.5 Å². The molecule has 24 heavy (non-hydrogen) atoms. The van der Waals surface area contributed by atoms with Gasteiger partial charge in [0.15, 0.2) is 0 Å². The van der Waals surface area contributed by atoms with E-state index in [0.717, 1.165) is 18.7 Å². The Balaban J connectivity index is 1.47. The molecule has 0 atom stereocenters. The minimum atomic E-state index is -0.296. The number of hydrogen-bond acceptors (Lipinski definition) is 4. The van der Waals surface area contributed by atoms with E-state index in [4.69, 9.17) is 16.3 Å². The highest BCUT2D eigenvalue weighted by Crippen LogP contribution is 2.31. The topological polar surface area (TPSA) is 91.9 Å². The summed E-state index contributed by atoms with van der Waals surface area (Å²) in [6, 6.07) is 4.98.